The Morgan fingerprint density at radius 3 is 2.00 bits per heavy atom. The highest BCUT2D eigenvalue weighted by Crippen LogP contribution is 2.09. The standard InChI is InChI=1S/C5H7F4NO/c6-2(1-10)3(7)4(11)5(8)9/h2-3,5H,1,10H2. The third kappa shape index (κ3) is 2.83. The van der Waals surface area contributed by atoms with Crippen molar-refractivity contribution in [3.63, 3.8) is 0 Å². The highest BCUT2D eigenvalue weighted by molar-refractivity contribution is 5.86. The van der Waals surface area contributed by atoms with Crippen LogP contribution in [0.5, 0.6) is 0 Å². The summed E-state index contributed by atoms with van der Waals surface area (Å²) in [7, 11) is 0. The number of rotatable bonds is 4. The Kier molecular flexibility index (Phi) is 4.02. The molecule has 0 aromatic heterocycles. The Morgan fingerprint density at radius 2 is 1.73 bits per heavy atom. The first kappa shape index (κ1) is 10.3. The van der Waals surface area contributed by atoms with E-state index in [1.54, 1.807) is 0 Å². The molecule has 6 heteroatoms. The van der Waals surface area contributed by atoms with Crippen molar-refractivity contribution in [1.29, 1.82) is 0 Å². The molecule has 2 N–H and O–H groups in total. The lowest BCUT2D eigenvalue weighted by atomic mass is 10.2. The van der Waals surface area contributed by atoms with Crippen molar-refractivity contribution < 1.29 is 22.4 Å². The van der Waals surface area contributed by atoms with Crippen LogP contribution >= 0.6 is 0 Å². The van der Waals surface area contributed by atoms with Crippen LogP contribution in [-0.2, 0) is 4.79 Å². The van der Waals surface area contributed by atoms with Crippen LogP contribution in [0.1, 0.15) is 0 Å². The van der Waals surface area contributed by atoms with Gasteiger partial charge in [-0.05, 0) is 0 Å². The highest BCUT2D eigenvalue weighted by Gasteiger charge is 2.32. The summed E-state index contributed by atoms with van der Waals surface area (Å²) >= 11 is 0. The van der Waals surface area contributed by atoms with Crippen LogP contribution in [0.4, 0.5) is 17.6 Å². The molecule has 0 aromatic rings. The second-order valence-electron chi connectivity index (χ2n) is 1.86. The normalized spacial score (nSPS) is 16.5. The molecule has 66 valence electrons. The monoisotopic (exact) mass is 173 g/mol. The van der Waals surface area contributed by atoms with Crippen molar-refractivity contribution >= 4 is 5.78 Å². The fourth-order valence-electron chi connectivity index (χ4n) is 0.418. The molecule has 2 atom stereocenters. The predicted octanol–water partition coefficient (Wildman–Crippen LogP) is 0.455. The fraction of sp³-hybridized carbons (Fsp3) is 0.800. The van der Waals surface area contributed by atoms with Gasteiger partial charge in [-0.3, -0.25) is 4.79 Å². The molecule has 0 amide bonds. The minimum Gasteiger partial charge on any atom is -0.328 e. The van der Waals surface area contributed by atoms with Gasteiger partial charge in [0.15, 0.2) is 12.3 Å². The first-order valence-electron chi connectivity index (χ1n) is 2.80. The molecule has 0 saturated heterocycles. The molecule has 0 fully saturated rings. The number of alkyl halides is 4. The lowest BCUT2D eigenvalue weighted by molar-refractivity contribution is -0.136. The van der Waals surface area contributed by atoms with Gasteiger partial charge in [0.05, 0.1) is 0 Å². The van der Waals surface area contributed by atoms with Crippen molar-refractivity contribution in [2.75, 3.05) is 6.54 Å². The van der Waals surface area contributed by atoms with E-state index in [0.29, 0.717) is 0 Å². The van der Waals surface area contributed by atoms with Crippen LogP contribution in [0.2, 0.25) is 0 Å². The van der Waals surface area contributed by atoms with Crippen LogP contribution in [0.3, 0.4) is 0 Å². The van der Waals surface area contributed by atoms with Gasteiger partial charge in [0.1, 0.15) is 0 Å². The minimum absolute atomic E-state index is 0.778. The SMILES string of the molecule is NCC(F)C(F)C(=O)C(F)F. The largest absolute Gasteiger partial charge is 0.328 e. The summed E-state index contributed by atoms with van der Waals surface area (Å²) in [6.07, 6.45) is -8.62. The van der Waals surface area contributed by atoms with Crippen LogP contribution in [0.25, 0.3) is 0 Å². The van der Waals surface area contributed by atoms with Gasteiger partial charge in [0, 0.05) is 6.54 Å². The van der Waals surface area contributed by atoms with Gasteiger partial charge < -0.3 is 5.73 Å². The summed E-state index contributed by atoms with van der Waals surface area (Å²) in [4.78, 5) is 10.0. The molecule has 0 heterocycles. The molecule has 0 rings (SSSR count). The van der Waals surface area contributed by atoms with E-state index < -0.39 is 31.1 Å². The zero-order valence-electron chi connectivity index (χ0n) is 5.44. The Balaban J connectivity index is 4.02. The molecule has 0 aliphatic rings. The van der Waals surface area contributed by atoms with E-state index >= 15 is 0 Å². The van der Waals surface area contributed by atoms with Crippen molar-refractivity contribution in [3.05, 3.63) is 0 Å². The molecule has 0 aliphatic carbocycles. The van der Waals surface area contributed by atoms with Gasteiger partial charge in [-0.1, -0.05) is 0 Å². The third-order valence-electron chi connectivity index (χ3n) is 1.03. The zero-order chi connectivity index (χ0) is 9.02. The Labute approximate surface area is 60.4 Å². The van der Waals surface area contributed by atoms with E-state index in [4.69, 9.17) is 0 Å². The van der Waals surface area contributed by atoms with Gasteiger partial charge in [0.2, 0.25) is 5.78 Å². The number of Topliss-reactive ketones (excluding diaryl/α,β-unsaturated/α-hetero) is 1. The lowest BCUT2D eigenvalue weighted by Gasteiger charge is -2.08. The van der Waals surface area contributed by atoms with Gasteiger partial charge in [-0.25, -0.2) is 17.6 Å². The number of nitrogens with two attached hydrogens (primary N) is 1. The Hall–Kier alpha value is -0.650. The number of halogens is 4. The van der Waals surface area contributed by atoms with Gasteiger partial charge in [0.25, 0.3) is 6.43 Å². The average Bonchev–Trinajstić information content (AvgIpc) is 2.00. The smallest absolute Gasteiger partial charge is 0.299 e. The summed E-state index contributed by atoms with van der Waals surface area (Å²) in [5, 5.41) is 0. The highest BCUT2D eigenvalue weighted by atomic mass is 19.3. The summed E-state index contributed by atoms with van der Waals surface area (Å²) in [5.74, 6) is -2.05. The van der Waals surface area contributed by atoms with Crippen molar-refractivity contribution in [2.24, 2.45) is 5.73 Å². The minimum atomic E-state index is -3.48. The molecule has 11 heavy (non-hydrogen) atoms. The first-order chi connectivity index (χ1) is 5.00. The number of carbonyl (C=O) groups is 1. The molecule has 2 nitrogen and oxygen atoms in total. The summed E-state index contributed by atoms with van der Waals surface area (Å²) in [5.41, 5.74) is 4.60. The number of hydrogen-bond acceptors (Lipinski definition) is 2. The topological polar surface area (TPSA) is 43.1 Å². The fourth-order valence-corrected chi connectivity index (χ4v) is 0.418. The number of hydrogen-bond donors (Lipinski definition) is 1. The summed E-state index contributed by atoms with van der Waals surface area (Å²) in [6.45, 7) is -0.778. The molecule has 2 unspecified atom stereocenters. The van der Waals surface area contributed by atoms with Gasteiger partial charge in [-0.2, -0.15) is 0 Å². The molecular formula is C5H7F4NO. The molecule has 0 aliphatic heterocycles. The Bertz CT molecular complexity index is 140. The van der Waals surface area contributed by atoms with Crippen LogP contribution in [-0.4, -0.2) is 31.1 Å². The Morgan fingerprint density at radius 1 is 1.27 bits per heavy atom. The van der Waals surface area contributed by atoms with E-state index in [0.717, 1.165) is 0 Å². The van der Waals surface area contributed by atoms with Crippen LogP contribution in [0, 0.1) is 0 Å². The second kappa shape index (κ2) is 4.27. The van der Waals surface area contributed by atoms with Gasteiger partial charge in [-0.15, -0.1) is 0 Å². The quantitative estimate of drug-likeness (QED) is 0.627. The molecular weight excluding hydrogens is 166 g/mol. The molecule has 0 radical (unpaired) electrons. The zero-order valence-corrected chi connectivity index (χ0v) is 5.44. The van der Waals surface area contributed by atoms with Crippen molar-refractivity contribution in [3.8, 4) is 0 Å². The van der Waals surface area contributed by atoms with E-state index in [-0.39, 0.29) is 0 Å². The molecule has 0 aromatic carbocycles. The maximum absolute atomic E-state index is 12.2. The number of ketones is 1. The summed E-state index contributed by atoms with van der Waals surface area (Å²) < 4.78 is 47.0. The number of carbonyl (C=O) groups excluding carboxylic acids is 1. The third-order valence-corrected chi connectivity index (χ3v) is 1.03. The van der Waals surface area contributed by atoms with Gasteiger partial charge >= 0.3 is 0 Å². The lowest BCUT2D eigenvalue weighted by Crippen LogP contribution is -2.36. The van der Waals surface area contributed by atoms with E-state index in [1.165, 1.54) is 0 Å². The predicted molar refractivity (Wildman–Crippen MR) is 29.9 cm³/mol. The van der Waals surface area contributed by atoms with Crippen molar-refractivity contribution in [1.82, 2.24) is 0 Å². The molecule has 0 bridgehead atoms. The maximum Gasteiger partial charge on any atom is 0.299 e. The van der Waals surface area contributed by atoms with Crippen LogP contribution in [0.15, 0.2) is 0 Å². The average molecular weight is 173 g/mol. The van der Waals surface area contributed by atoms with E-state index in [9.17, 15) is 22.4 Å². The molecule has 0 saturated carbocycles. The summed E-state index contributed by atoms with van der Waals surface area (Å²) in [6, 6.07) is 0. The van der Waals surface area contributed by atoms with Crippen molar-refractivity contribution in [2.45, 2.75) is 18.8 Å². The van der Waals surface area contributed by atoms with E-state index in [1.807, 2.05) is 0 Å². The second-order valence-corrected chi connectivity index (χ2v) is 1.86. The maximum atomic E-state index is 12.2. The van der Waals surface area contributed by atoms with E-state index in [2.05, 4.69) is 5.73 Å². The van der Waals surface area contributed by atoms with Crippen LogP contribution < -0.4 is 5.73 Å². The molecule has 0 spiro atoms. The first-order valence-corrected chi connectivity index (χ1v) is 2.80.